The monoisotopic (exact) mass is 322 g/mol. The molecule has 120 valence electrons. The highest BCUT2D eigenvalue weighted by Crippen LogP contribution is 2.23. The summed E-state index contributed by atoms with van der Waals surface area (Å²) in [5.41, 5.74) is 7.47. The molecule has 2 atom stereocenters. The first kappa shape index (κ1) is 16.8. The van der Waals surface area contributed by atoms with Crippen molar-refractivity contribution in [1.82, 2.24) is 4.90 Å². The molecule has 0 bridgehead atoms. The van der Waals surface area contributed by atoms with E-state index in [0.29, 0.717) is 19.4 Å². The van der Waals surface area contributed by atoms with E-state index in [1.54, 1.807) is 4.90 Å². The highest BCUT2D eigenvalue weighted by atomic mass is 35.5. The number of hydrogen-bond donors (Lipinski definition) is 1. The van der Waals surface area contributed by atoms with Gasteiger partial charge in [0.25, 0.3) is 0 Å². The van der Waals surface area contributed by atoms with Crippen molar-refractivity contribution in [3.63, 3.8) is 0 Å². The van der Waals surface area contributed by atoms with Crippen molar-refractivity contribution in [2.45, 2.75) is 45.6 Å². The van der Waals surface area contributed by atoms with Crippen LogP contribution in [0.5, 0.6) is 0 Å². The van der Waals surface area contributed by atoms with Gasteiger partial charge >= 0.3 is 0 Å². The van der Waals surface area contributed by atoms with Gasteiger partial charge in [-0.15, -0.1) is 0 Å². The molecule has 0 aliphatic carbocycles. The molecule has 2 N–H and O–H groups in total. The molecular formula is C17H23ClN2O2. The molecule has 0 unspecified atom stereocenters. The molecule has 0 spiro atoms. The number of hydrogen-bond acceptors (Lipinski definition) is 2. The molecule has 1 aromatic carbocycles. The van der Waals surface area contributed by atoms with Crippen LogP contribution in [0.15, 0.2) is 18.2 Å². The molecule has 1 aromatic rings. The molecular weight excluding hydrogens is 300 g/mol. The van der Waals surface area contributed by atoms with Crippen LogP contribution in [-0.2, 0) is 16.0 Å². The molecule has 2 amide bonds. The smallest absolute Gasteiger partial charge is 0.223 e. The second-order valence-electron chi connectivity index (χ2n) is 6.16. The number of carbonyl (C=O) groups excluding carboxylic acids is 2. The van der Waals surface area contributed by atoms with Crippen molar-refractivity contribution >= 4 is 23.4 Å². The van der Waals surface area contributed by atoms with Gasteiger partial charge in [0.05, 0.1) is 5.92 Å². The molecule has 5 heteroatoms. The lowest BCUT2D eigenvalue weighted by atomic mass is 9.92. The third-order valence-corrected chi connectivity index (χ3v) is 4.88. The normalized spacial score (nSPS) is 21.7. The van der Waals surface area contributed by atoms with Gasteiger partial charge in [-0.2, -0.15) is 0 Å². The zero-order valence-electron chi connectivity index (χ0n) is 13.1. The number of rotatable bonds is 4. The van der Waals surface area contributed by atoms with E-state index in [-0.39, 0.29) is 23.8 Å². The Morgan fingerprint density at radius 3 is 2.73 bits per heavy atom. The van der Waals surface area contributed by atoms with Gasteiger partial charge in [0, 0.05) is 24.0 Å². The van der Waals surface area contributed by atoms with Crippen LogP contribution in [0.1, 0.15) is 37.3 Å². The number of primary amides is 1. The summed E-state index contributed by atoms with van der Waals surface area (Å²) in [6.45, 7) is 4.43. The van der Waals surface area contributed by atoms with Crippen molar-refractivity contribution in [1.29, 1.82) is 0 Å². The topological polar surface area (TPSA) is 63.4 Å². The maximum absolute atomic E-state index is 12.4. The minimum absolute atomic E-state index is 0.0788. The van der Waals surface area contributed by atoms with Crippen molar-refractivity contribution in [2.24, 2.45) is 11.7 Å². The van der Waals surface area contributed by atoms with Crippen LogP contribution in [0.25, 0.3) is 0 Å². The highest BCUT2D eigenvalue weighted by Gasteiger charge is 2.31. The first-order valence-electron chi connectivity index (χ1n) is 7.72. The van der Waals surface area contributed by atoms with Crippen LogP contribution in [0.3, 0.4) is 0 Å². The molecule has 1 aliphatic rings. The van der Waals surface area contributed by atoms with E-state index in [9.17, 15) is 9.59 Å². The van der Waals surface area contributed by atoms with Gasteiger partial charge in [-0.25, -0.2) is 0 Å². The fraction of sp³-hybridized carbons (Fsp3) is 0.529. The van der Waals surface area contributed by atoms with Crippen molar-refractivity contribution in [2.75, 3.05) is 6.54 Å². The maximum atomic E-state index is 12.4. The zero-order valence-corrected chi connectivity index (χ0v) is 13.9. The minimum atomic E-state index is -0.310. The predicted octanol–water partition coefficient (Wildman–Crippen LogP) is 2.69. The second-order valence-corrected chi connectivity index (χ2v) is 6.56. The number of nitrogens with two attached hydrogens (primary N) is 1. The Morgan fingerprint density at radius 2 is 2.09 bits per heavy atom. The number of carbonyl (C=O) groups is 2. The van der Waals surface area contributed by atoms with Crippen LogP contribution in [-0.4, -0.2) is 29.3 Å². The van der Waals surface area contributed by atoms with Gasteiger partial charge in [0.15, 0.2) is 0 Å². The number of nitrogens with zero attached hydrogens (tertiary/aromatic N) is 1. The number of halogens is 1. The highest BCUT2D eigenvalue weighted by molar-refractivity contribution is 6.31. The molecule has 0 aromatic heterocycles. The minimum Gasteiger partial charge on any atom is -0.369 e. The Balaban J connectivity index is 1.95. The number of benzene rings is 1. The van der Waals surface area contributed by atoms with Crippen LogP contribution in [0.4, 0.5) is 0 Å². The van der Waals surface area contributed by atoms with Crippen molar-refractivity contribution < 1.29 is 9.59 Å². The second kappa shape index (κ2) is 7.14. The summed E-state index contributed by atoms with van der Waals surface area (Å²) in [4.78, 5) is 25.6. The van der Waals surface area contributed by atoms with Gasteiger partial charge < -0.3 is 10.6 Å². The van der Waals surface area contributed by atoms with Gasteiger partial charge in [-0.3, -0.25) is 9.59 Å². The molecule has 0 radical (unpaired) electrons. The van der Waals surface area contributed by atoms with Gasteiger partial charge in [0.1, 0.15) is 0 Å². The van der Waals surface area contributed by atoms with Crippen LogP contribution >= 0.6 is 11.6 Å². The summed E-state index contributed by atoms with van der Waals surface area (Å²) in [5, 5.41) is 0.727. The third kappa shape index (κ3) is 4.01. The summed E-state index contributed by atoms with van der Waals surface area (Å²) in [6, 6.07) is 6.05. The van der Waals surface area contributed by atoms with E-state index in [0.717, 1.165) is 29.0 Å². The van der Waals surface area contributed by atoms with Gasteiger partial charge in [0.2, 0.25) is 11.8 Å². The predicted molar refractivity (Wildman–Crippen MR) is 87.6 cm³/mol. The first-order valence-corrected chi connectivity index (χ1v) is 8.10. The van der Waals surface area contributed by atoms with E-state index in [2.05, 4.69) is 0 Å². The Hall–Kier alpha value is -1.55. The van der Waals surface area contributed by atoms with Gasteiger partial charge in [-0.1, -0.05) is 23.7 Å². The lowest BCUT2D eigenvalue weighted by Crippen LogP contribution is -2.48. The number of likely N-dealkylation sites (tertiary alicyclic amines) is 1. The molecule has 1 saturated heterocycles. The quantitative estimate of drug-likeness (QED) is 0.926. The molecule has 22 heavy (non-hydrogen) atoms. The maximum Gasteiger partial charge on any atom is 0.223 e. The molecule has 1 aliphatic heterocycles. The lowest BCUT2D eigenvalue weighted by Gasteiger charge is -2.37. The fourth-order valence-corrected chi connectivity index (χ4v) is 3.08. The molecule has 1 heterocycles. The summed E-state index contributed by atoms with van der Waals surface area (Å²) in [7, 11) is 0. The van der Waals surface area contributed by atoms with Crippen LogP contribution in [0.2, 0.25) is 5.02 Å². The van der Waals surface area contributed by atoms with E-state index < -0.39 is 0 Å². The van der Waals surface area contributed by atoms with E-state index in [1.165, 1.54) is 0 Å². The van der Waals surface area contributed by atoms with E-state index in [4.69, 9.17) is 17.3 Å². The van der Waals surface area contributed by atoms with Gasteiger partial charge in [-0.05, 0) is 50.3 Å². The van der Waals surface area contributed by atoms with Crippen LogP contribution in [0, 0.1) is 12.8 Å². The Labute approximate surface area is 136 Å². The lowest BCUT2D eigenvalue weighted by molar-refractivity contribution is -0.137. The zero-order chi connectivity index (χ0) is 16.3. The Kier molecular flexibility index (Phi) is 5.46. The summed E-state index contributed by atoms with van der Waals surface area (Å²) < 4.78 is 0. The standard InChI is InChI=1S/C17H23ClN2O2/c1-11-3-5-13(9-15(11)18)6-8-16(21)20-10-14(17(19)22)7-4-12(20)2/h3,5,9,12,14H,4,6-8,10H2,1-2H3,(H2,19,22)/t12-,14+/m1/s1. The first-order chi connectivity index (χ1) is 10.4. The SMILES string of the molecule is Cc1ccc(CCC(=O)N2C[C@@H](C(N)=O)CC[C@H]2C)cc1Cl. The van der Waals surface area contributed by atoms with E-state index in [1.807, 2.05) is 32.0 Å². The Morgan fingerprint density at radius 1 is 1.36 bits per heavy atom. The van der Waals surface area contributed by atoms with Crippen molar-refractivity contribution in [3.8, 4) is 0 Å². The average molecular weight is 323 g/mol. The summed E-state index contributed by atoms with van der Waals surface area (Å²) in [6.07, 6.45) is 2.68. The van der Waals surface area contributed by atoms with Crippen LogP contribution < -0.4 is 5.73 Å². The van der Waals surface area contributed by atoms with Crippen molar-refractivity contribution in [3.05, 3.63) is 34.3 Å². The molecule has 1 fully saturated rings. The molecule has 2 rings (SSSR count). The fourth-order valence-electron chi connectivity index (χ4n) is 2.87. The summed E-state index contributed by atoms with van der Waals surface area (Å²) >= 11 is 6.11. The summed E-state index contributed by atoms with van der Waals surface area (Å²) in [5.74, 6) is -0.445. The largest absolute Gasteiger partial charge is 0.369 e. The molecule has 4 nitrogen and oxygen atoms in total. The third-order valence-electron chi connectivity index (χ3n) is 4.47. The number of amides is 2. The molecule has 0 saturated carbocycles. The van der Waals surface area contributed by atoms with E-state index >= 15 is 0 Å². The Bertz CT molecular complexity index is 574. The number of aryl methyl sites for hydroxylation is 2. The average Bonchev–Trinajstić information content (AvgIpc) is 2.48. The number of piperidine rings is 1.